The Labute approximate surface area is 182 Å². The third-order valence-corrected chi connectivity index (χ3v) is 4.45. The van der Waals surface area contributed by atoms with Crippen LogP contribution in [0.1, 0.15) is 0 Å². The summed E-state index contributed by atoms with van der Waals surface area (Å²) in [6.07, 6.45) is 0. The minimum atomic E-state index is -0.904. The lowest BCUT2D eigenvalue weighted by molar-refractivity contribution is -0.123. The molecule has 1 aromatic heterocycles. The molecule has 0 radical (unpaired) electrons. The van der Waals surface area contributed by atoms with Gasteiger partial charge in [0.25, 0.3) is 11.5 Å². The minimum absolute atomic E-state index is 0.0830. The van der Waals surface area contributed by atoms with Gasteiger partial charge in [0.15, 0.2) is 18.2 Å². The molecule has 1 heterocycles. The first kappa shape index (κ1) is 22.7. The smallest absolute Gasteiger partial charge is 0.266 e. The number of methoxy groups -OCH3 is 2. The Morgan fingerprint density at radius 3 is 2.53 bits per heavy atom. The van der Waals surface area contributed by atoms with Crippen LogP contribution in [0.2, 0.25) is 0 Å². The summed E-state index contributed by atoms with van der Waals surface area (Å²) in [7, 11) is 3.06. The number of carbonyl (C=O) groups excluding carboxylic acids is 1. The van der Waals surface area contributed by atoms with E-state index in [1.54, 1.807) is 24.3 Å². The number of rotatable bonds is 9. The molecule has 0 saturated heterocycles. The van der Waals surface area contributed by atoms with Crippen molar-refractivity contribution in [2.75, 3.05) is 27.4 Å². The molecule has 0 atom stereocenters. The minimum Gasteiger partial charge on any atom is -0.497 e. The lowest BCUT2D eigenvalue weighted by atomic mass is 10.1. The predicted octanol–water partition coefficient (Wildman–Crippen LogP) is 2.40. The quantitative estimate of drug-likeness (QED) is 0.544. The second-order valence-corrected chi connectivity index (χ2v) is 6.56. The number of hydrogen-bond acceptors (Lipinski definition) is 6. The first-order valence-corrected chi connectivity index (χ1v) is 9.56. The summed E-state index contributed by atoms with van der Waals surface area (Å²) >= 11 is 0. The van der Waals surface area contributed by atoms with Crippen LogP contribution in [0.3, 0.4) is 0 Å². The Kier molecular flexibility index (Phi) is 7.37. The van der Waals surface area contributed by atoms with Crippen molar-refractivity contribution in [2.45, 2.75) is 6.54 Å². The summed E-state index contributed by atoms with van der Waals surface area (Å²) < 4.78 is 43.3. The molecular formula is C22H21F2N3O5. The highest BCUT2D eigenvalue weighted by molar-refractivity contribution is 5.77. The fourth-order valence-corrected chi connectivity index (χ4v) is 2.85. The van der Waals surface area contributed by atoms with Crippen molar-refractivity contribution in [2.24, 2.45) is 0 Å². The molecule has 1 N–H and O–H groups in total. The summed E-state index contributed by atoms with van der Waals surface area (Å²) in [5, 5.41) is 6.89. The van der Waals surface area contributed by atoms with E-state index in [9.17, 15) is 18.4 Å². The van der Waals surface area contributed by atoms with E-state index in [1.165, 1.54) is 25.0 Å². The van der Waals surface area contributed by atoms with Crippen LogP contribution >= 0.6 is 0 Å². The third-order valence-electron chi connectivity index (χ3n) is 4.45. The molecule has 0 saturated carbocycles. The molecule has 3 rings (SSSR count). The van der Waals surface area contributed by atoms with Crippen LogP contribution in [-0.2, 0) is 11.3 Å². The lowest BCUT2D eigenvalue weighted by Crippen LogP contribution is -2.34. The number of nitrogens with zero attached hydrogens (tertiary/aromatic N) is 2. The predicted molar refractivity (Wildman–Crippen MR) is 112 cm³/mol. The number of aromatic nitrogens is 2. The highest BCUT2D eigenvalue weighted by Crippen LogP contribution is 2.31. The van der Waals surface area contributed by atoms with Crippen LogP contribution in [0.5, 0.6) is 17.2 Å². The topological polar surface area (TPSA) is 91.7 Å². The first-order valence-electron chi connectivity index (χ1n) is 9.56. The molecule has 32 heavy (non-hydrogen) atoms. The lowest BCUT2D eigenvalue weighted by Gasteiger charge is -2.12. The fraction of sp³-hybridized carbons (Fsp3) is 0.227. The zero-order chi connectivity index (χ0) is 23.1. The zero-order valence-corrected chi connectivity index (χ0v) is 17.4. The van der Waals surface area contributed by atoms with E-state index in [4.69, 9.17) is 14.2 Å². The monoisotopic (exact) mass is 445 g/mol. The van der Waals surface area contributed by atoms with E-state index in [-0.39, 0.29) is 24.4 Å². The van der Waals surface area contributed by atoms with Gasteiger partial charge >= 0.3 is 0 Å². The van der Waals surface area contributed by atoms with Crippen molar-refractivity contribution in [1.82, 2.24) is 15.1 Å². The summed E-state index contributed by atoms with van der Waals surface area (Å²) in [4.78, 5) is 24.1. The number of amides is 1. The van der Waals surface area contributed by atoms with Crippen LogP contribution < -0.4 is 25.1 Å². The van der Waals surface area contributed by atoms with Crippen molar-refractivity contribution in [3.63, 3.8) is 0 Å². The van der Waals surface area contributed by atoms with E-state index in [0.717, 1.165) is 12.1 Å². The number of halogens is 2. The van der Waals surface area contributed by atoms with Gasteiger partial charge in [0.05, 0.1) is 26.5 Å². The maximum absolute atomic E-state index is 13.5. The Morgan fingerprint density at radius 2 is 1.81 bits per heavy atom. The Bertz CT molecular complexity index is 1170. The van der Waals surface area contributed by atoms with Gasteiger partial charge < -0.3 is 19.5 Å². The molecule has 0 aliphatic carbocycles. The average Bonchev–Trinajstić information content (AvgIpc) is 2.79. The molecule has 1 amide bonds. The summed E-state index contributed by atoms with van der Waals surface area (Å²) in [5.41, 5.74) is 0.774. The van der Waals surface area contributed by atoms with Gasteiger partial charge in [0, 0.05) is 24.2 Å². The standard InChI is InChI=1S/C22H21F2N3O5/c1-30-15-4-7-19(31-2)16(12-15)18-5-8-22(29)27(26-18)10-9-25-21(28)13-32-20-6-3-14(23)11-17(20)24/h3-8,11-12H,9-10,13H2,1-2H3,(H,25,28). The number of nitrogens with one attached hydrogen (secondary N) is 1. The van der Waals surface area contributed by atoms with E-state index in [1.807, 2.05) is 0 Å². The van der Waals surface area contributed by atoms with Crippen molar-refractivity contribution in [3.8, 4) is 28.5 Å². The molecule has 0 aliphatic heterocycles. The molecule has 0 unspecified atom stereocenters. The molecule has 10 heteroatoms. The van der Waals surface area contributed by atoms with Gasteiger partial charge in [-0.1, -0.05) is 0 Å². The van der Waals surface area contributed by atoms with E-state index >= 15 is 0 Å². The second-order valence-electron chi connectivity index (χ2n) is 6.56. The van der Waals surface area contributed by atoms with Gasteiger partial charge in [0.2, 0.25) is 0 Å². The third kappa shape index (κ3) is 5.60. The molecule has 0 bridgehead atoms. The van der Waals surface area contributed by atoms with Crippen molar-refractivity contribution in [1.29, 1.82) is 0 Å². The van der Waals surface area contributed by atoms with Crippen molar-refractivity contribution < 1.29 is 27.8 Å². The molecule has 0 spiro atoms. The Balaban J connectivity index is 1.62. The van der Waals surface area contributed by atoms with Gasteiger partial charge in [-0.05, 0) is 36.4 Å². The van der Waals surface area contributed by atoms with Gasteiger partial charge in [-0.3, -0.25) is 9.59 Å². The highest BCUT2D eigenvalue weighted by atomic mass is 19.1. The maximum atomic E-state index is 13.5. The van der Waals surface area contributed by atoms with Gasteiger partial charge in [-0.15, -0.1) is 0 Å². The van der Waals surface area contributed by atoms with Crippen LogP contribution in [0, 0.1) is 11.6 Å². The molecule has 0 aliphatic rings. The molecule has 2 aromatic carbocycles. The SMILES string of the molecule is COc1ccc(OC)c(-c2ccc(=O)n(CCNC(=O)COc3ccc(F)cc3F)n2)c1. The molecule has 8 nitrogen and oxygen atoms in total. The maximum Gasteiger partial charge on any atom is 0.266 e. The molecule has 168 valence electrons. The van der Waals surface area contributed by atoms with Gasteiger partial charge in [-0.25, -0.2) is 13.5 Å². The fourth-order valence-electron chi connectivity index (χ4n) is 2.85. The summed E-state index contributed by atoms with van der Waals surface area (Å²) in [6.45, 7) is -0.290. The van der Waals surface area contributed by atoms with Crippen molar-refractivity contribution >= 4 is 5.91 Å². The summed E-state index contributed by atoms with van der Waals surface area (Å²) in [6, 6.07) is 10.9. The molecule has 0 fully saturated rings. The van der Waals surface area contributed by atoms with Crippen LogP contribution in [0.25, 0.3) is 11.3 Å². The number of benzene rings is 2. The second kappa shape index (κ2) is 10.4. The molecule has 3 aromatic rings. The molecular weight excluding hydrogens is 424 g/mol. The van der Waals surface area contributed by atoms with E-state index in [2.05, 4.69) is 10.4 Å². The van der Waals surface area contributed by atoms with Crippen LogP contribution in [0.15, 0.2) is 53.3 Å². The van der Waals surface area contributed by atoms with Gasteiger partial charge in [-0.2, -0.15) is 5.10 Å². The van der Waals surface area contributed by atoms with E-state index < -0.39 is 24.1 Å². The summed E-state index contributed by atoms with van der Waals surface area (Å²) in [5.74, 6) is -1.26. The average molecular weight is 445 g/mol. The first-order chi connectivity index (χ1) is 15.4. The number of carbonyl (C=O) groups is 1. The zero-order valence-electron chi connectivity index (χ0n) is 17.4. The van der Waals surface area contributed by atoms with E-state index in [0.29, 0.717) is 28.8 Å². The number of hydrogen-bond donors (Lipinski definition) is 1. The Hall–Kier alpha value is -3.95. The van der Waals surface area contributed by atoms with Crippen LogP contribution in [-0.4, -0.2) is 43.1 Å². The normalized spacial score (nSPS) is 10.5. The highest BCUT2D eigenvalue weighted by Gasteiger charge is 2.12. The largest absolute Gasteiger partial charge is 0.497 e. The Morgan fingerprint density at radius 1 is 1.03 bits per heavy atom. The van der Waals surface area contributed by atoms with Crippen LogP contribution in [0.4, 0.5) is 8.78 Å². The van der Waals surface area contributed by atoms with Gasteiger partial charge in [0.1, 0.15) is 17.3 Å². The van der Waals surface area contributed by atoms with Crippen molar-refractivity contribution in [3.05, 3.63) is 70.5 Å². The number of ether oxygens (including phenoxy) is 3.